The average molecular weight is 334 g/mol. The van der Waals surface area contributed by atoms with E-state index in [9.17, 15) is 18.0 Å². The molecule has 1 aliphatic rings. The molecule has 1 heterocycles. The number of piperidine rings is 1. The Morgan fingerprint density at radius 3 is 2.68 bits per heavy atom. The molecular formula is C13H26N4O4S. The van der Waals surface area contributed by atoms with Gasteiger partial charge in [0.15, 0.2) is 0 Å². The summed E-state index contributed by atoms with van der Waals surface area (Å²) >= 11 is 0. The summed E-state index contributed by atoms with van der Waals surface area (Å²) < 4.78 is 24.4. The summed E-state index contributed by atoms with van der Waals surface area (Å²) in [4.78, 5) is 25.7. The first-order valence-corrected chi connectivity index (χ1v) is 9.12. The lowest BCUT2D eigenvalue weighted by atomic mass is 9.97. The van der Waals surface area contributed by atoms with E-state index in [4.69, 9.17) is 5.73 Å². The van der Waals surface area contributed by atoms with E-state index in [1.54, 1.807) is 4.90 Å². The highest BCUT2D eigenvalue weighted by Crippen LogP contribution is 2.17. The van der Waals surface area contributed by atoms with Crippen LogP contribution in [-0.2, 0) is 19.6 Å². The van der Waals surface area contributed by atoms with Gasteiger partial charge in [-0.25, -0.2) is 8.42 Å². The zero-order chi connectivity index (χ0) is 16.8. The van der Waals surface area contributed by atoms with Gasteiger partial charge in [0.2, 0.25) is 21.8 Å². The van der Waals surface area contributed by atoms with Crippen LogP contribution < -0.4 is 11.1 Å². The van der Waals surface area contributed by atoms with Gasteiger partial charge >= 0.3 is 0 Å². The molecule has 0 spiro atoms. The predicted molar refractivity (Wildman–Crippen MR) is 83.5 cm³/mol. The number of nitrogens with two attached hydrogens (primary N) is 1. The largest absolute Gasteiger partial charge is 0.355 e. The Morgan fingerprint density at radius 2 is 2.09 bits per heavy atom. The van der Waals surface area contributed by atoms with E-state index in [0.29, 0.717) is 26.2 Å². The van der Waals surface area contributed by atoms with Crippen molar-refractivity contribution in [1.82, 2.24) is 14.5 Å². The van der Waals surface area contributed by atoms with Gasteiger partial charge in [0.1, 0.15) is 0 Å². The molecule has 0 saturated carbocycles. The first kappa shape index (κ1) is 18.9. The smallest absolute Gasteiger partial charge is 0.237 e. The minimum absolute atomic E-state index is 0.0408. The second-order valence-corrected chi connectivity index (χ2v) is 7.78. The molecule has 1 saturated heterocycles. The number of likely N-dealkylation sites (N-methyl/N-ethyl adjacent to an activating group) is 1. The topological polar surface area (TPSA) is 113 Å². The normalized spacial score (nSPS) is 19.3. The molecule has 0 aliphatic carbocycles. The third-order valence-electron chi connectivity index (χ3n) is 3.79. The number of nitrogens with one attached hydrogen (secondary N) is 1. The Hall–Kier alpha value is -1.19. The molecule has 0 aromatic carbocycles. The Labute approximate surface area is 132 Å². The Morgan fingerprint density at radius 1 is 1.41 bits per heavy atom. The van der Waals surface area contributed by atoms with E-state index in [1.807, 2.05) is 0 Å². The molecule has 1 fully saturated rings. The van der Waals surface area contributed by atoms with Crippen LogP contribution in [-0.4, -0.2) is 75.0 Å². The monoisotopic (exact) mass is 334 g/mol. The number of carbonyl (C=O) groups is 2. The van der Waals surface area contributed by atoms with Gasteiger partial charge in [-0.05, 0) is 19.8 Å². The van der Waals surface area contributed by atoms with Crippen molar-refractivity contribution in [3.63, 3.8) is 0 Å². The minimum Gasteiger partial charge on any atom is -0.355 e. The summed E-state index contributed by atoms with van der Waals surface area (Å²) in [5.41, 5.74) is 5.35. The lowest BCUT2D eigenvalue weighted by Gasteiger charge is -2.33. The number of nitrogens with zero attached hydrogens (tertiary/aromatic N) is 2. The molecule has 9 heteroatoms. The first-order chi connectivity index (χ1) is 10.3. The van der Waals surface area contributed by atoms with Crippen molar-refractivity contribution in [2.45, 2.75) is 19.8 Å². The fourth-order valence-electron chi connectivity index (χ4n) is 2.37. The van der Waals surface area contributed by atoms with E-state index >= 15 is 0 Å². The van der Waals surface area contributed by atoms with Crippen LogP contribution >= 0.6 is 0 Å². The molecular weight excluding hydrogens is 308 g/mol. The molecule has 8 nitrogen and oxygen atoms in total. The number of sulfonamides is 1. The molecule has 2 amide bonds. The van der Waals surface area contributed by atoms with Crippen LogP contribution in [0.4, 0.5) is 0 Å². The second-order valence-electron chi connectivity index (χ2n) is 5.42. The van der Waals surface area contributed by atoms with Crippen molar-refractivity contribution >= 4 is 21.8 Å². The van der Waals surface area contributed by atoms with Gasteiger partial charge in [-0.3, -0.25) is 9.59 Å². The Kier molecular flexibility index (Phi) is 7.24. The summed E-state index contributed by atoms with van der Waals surface area (Å²) in [6.45, 7) is 3.03. The van der Waals surface area contributed by atoms with Crippen LogP contribution in [0.15, 0.2) is 0 Å². The average Bonchev–Trinajstić information content (AvgIpc) is 2.52. The van der Waals surface area contributed by atoms with Gasteiger partial charge in [-0.2, -0.15) is 4.31 Å². The molecule has 128 valence electrons. The number of rotatable bonds is 7. The van der Waals surface area contributed by atoms with Crippen molar-refractivity contribution in [3.05, 3.63) is 0 Å². The molecule has 3 N–H and O–H groups in total. The Bertz CT molecular complexity index is 494. The Balaban J connectivity index is 2.57. The van der Waals surface area contributed by atoms with E-state index in [1.165, 1.54) is 14.0 Å². The molecule has 0 bridgehead atoms. The van der Waals surface area contributed by atoms with Crippen LogP contribution in [0, 0.1) is 5.92 Å². The molecule has 0 aromatic heterocycles. The predicted octanol–water partition coefficient (Wildman–Crippen LogP) is -1.42. The zero-order valence-electron chi connectivity index (χ0n) is 13.2. The summed E-state index contributed by atoms with van der Waals surface area (Å²) in [6, 6.07) is 0. The standard InChI is InChI=1S/C13H26N4O4S/c1-3-22(20,21)16(2)10-12(18)17-8-4-5-11(9-17)13(19)15-7-6-14/h11H,3-10,14H2,1-2H3,(H,15,19). The molecule has 1 unspecified atom stereocenters. The number of likely N-dealkylation sites (tertiary alicyclic amines) is 1. The lowest BCUT2D eigenvalue weighted by molar-refractivity contribution is -0.135. The summed E-state index contributed by atoms with van der Waals surface area (Å²) in [6.07, 6.45) is 1.46. The zero-order valence-corrected chi connectivity index (χ0v) is 14.1. The second kappa shape index (κ2) is 8.44. The lowest BCUT2D eigenvalue weighted by Crippen LogP contribution is -2.49. The van der Waals surface area contributed by atoms with Crippen LogP contribution in [0.1, 0.15) is 19.8 Å². The van der Waals surface area contributed by atoms with E-state index in [-0.39, 0.29) is 30.0 Å². The number of amides is 2. The van der Waals surface area contributed by atoms with Gasteiger partial charge in [0.25, 0.3) is 0 Å². The van der Waals surface area contributed by atoms with Gasteiger partial charge in [0.05, 0.1) is 18.2 Å². The maximum atomic E-state index is 12.2. The first-order valence-electron chi connectivity index (χ1n) is 7.51. The molecule has 1 atom stereocenters. The number of carbonyl (C=O) groups excluding carboxylic acids is 2. The van der Waals surface area contributed by atoms with Crippen LogP contribution in [0.2, 0.25) is 0 Å². The van der Waals surface area contributed by atoms with Gasteiger partial charge in [-0.15, -0.1) is 0 Å². The van der Waals surface area contributed by atoms with Crippen LogP contribution in [0.5, 0.6) is 0 Å². The number of hydrogen-bond acceptors (Lipinski definition) is 5. The van der Waals surface area contributed by atoms with E-state index in [2.05, 4.69) is 5.32 Å². The van der Waals surface area contributed by atoms with Crippen molar-refractivity contribution < 1.29 is 18.0 Å². The van der Waals surface area contributed by atoms with Gasteiger partial charge in [-0.1, -0.05) is 0 Å². The summed E-state index contributed by atoms with van der Waals surface area (Å²) in [5.74, 6) is -0.661. The fourth-order valence-corrected chi connectivity index (χ4v) is 3.11. The molecule has 0 radical (unpaired) electrons. The third kappa shape index (κ3) is 5.22. The van der Waals surface area contributed by atoms with Crippen molar-refractivity contribution in [2.24, 2.45) is 11.7 Å². The molecule has 0 aromatic rings. The highest BCUT2D eigenvalue weighted by atomic mass is 32.2. The van der Waals surface area contributed by atoms with Crippen LogP contribution in [0.3, 0.4) is 0 Å². The van der Waals surface area contributed by atoms with Gasteiger partial charge < -0.3 is 16.0 Å². The van der Waals surface area contributed by atoms with Crippen LogP contribution in [0.25, 0.3) is 0 Å². The fraction of sp³-hybridized carbons (Fsp3) is 0.846. The van der Waals surface area contributed by atoms with Gasteiger partial charge in [0, 0.05) is 33.2 Å². The molecule has 22 heavy (non-hydrogen) atoms. The quantitative estimate of drug-likeness (QED) is 0.593. The van der Waals surface area contributed by atoms with E-state index in [0.717, 1.165) is 17.1 Å². The highest BCUT2D eigenvalue weighted by molar-refractivity contribution is 7.89. The highest BCUT2D eigenvalue weighted by Gasteiger charge is 2.29. The maximum Gasteiger partial charge on any atom is 0.237 e. The maximum absolute atomic E-state index is 12.2. The minimum atomic E-state index is -3.38. The number of hydrogen-bond donors (Lipinski definition) is 2. The summed E-state index contributed by atoms with van der Waals surface area (Å²) in [7, 11) is -1.99. The third-order valence-corrected chi connectivity index (χ3v) is 5.59. The SMILES string of the molecule is CCS(=O)(=O)N(C)CC(=O)N1CCCC(C(=O)NCCN)C1. The van der Waals surface area contributed by atoms with Crippen molar-refractivity contribution in [3.8, 4) is 0 Å². The van der Waals surface area contributed by atoms with E-state index < -0.39 is 10.0 Å². The summed E-state index contributed by atoms with van der Waals surface area (Å²) in [5, 5.41) is 2.73. The van der Waals surface area contributed by atoms with Crippen molar-refractivity contribution in [1.29, 1.82) is 0 Å². The molecule has 1 aliphatic heterocycles. The molecule has 1 rings (SSSR count). The van der Waals surface area contributed by atoms with Crippen molar-refractivity contribution in [2.75, 3.05) is 45.5 Å².